The number of aliphatic carboxylic acids is 1. The summed E-state index contributed by atoms with van der Waals surface area (Å²) in [5, 5.41) is 11.4. The number of methoxy groups -OCH3 is 1. The van der Waals surface area contributed by atoms with Crippen LogP contribution in [0.5, 0.6) is 0 Å². The van der Waals surface area contributed by atoms with Gasteiger partial charge in [-0.05, 0) is 12.8 Å². The van der Waals surface area contributed by atoms with Gasteiger partial charge in [-0.2, -0.15) is 0 Å². The lowest BCUT2D eigenvalue weighted by Gasteiger charge is -2.24. The Balaban J connectivity index is 1.91. The van der Waals surface area contributed by atoms with Crippen molar-refractivity contribution in [3.63, 3.8) is 0 Å². The molecular weight excluding hydrogens is 276 g/mol. The third-order valence-electron chi connectivity index (χ3n) is 4.24. The molecule has 1 aliphatic carbocycles. The summed E-state index contributed by atoms with van der Waals surface area (Å²) in [6, 6.07) is -0.817. The number of carbonyl (C=O) groups excluding carboxylic acids is 2. The van der Waals surface area contributed by atoms with Crippen molar-refractivity contribution >= 4 is 17.8 Å². The van der Waals surface area contributed by atoms with Crippen LogP contribution in [0, 0.1) is 5.92 Å². The predicted octanol–water partition coefficient (Wildman–Crippen LogP) is -0.00670. The summed E-state index contributed by atoms with van der Waals surface area (Å²) < 4.78 is 4.78. The van der Waals surface area contributed by atoms with Gasteiger partial charge in [0.15, 0.2) is 6.04 Å². The maximum atomic E-state index is 12.1. The SMILES string of the molecule is COCC(NC(=O)C1CC(=O)N(C2CCCC2)C1)C(=O)O. The van der Waals surface area contributed by atoms with Crippen molar-refractivity contribution in [3.05, 3.63) is 0 Å². The minimum Gasteiger partial charge on any atom is -0.480 e. The highest BCUT2D eigenvalue weighted by molar-refractivity contribution is 5.91. The molecule has 118 valence electrons. The summed E-state index contributed by atoms with van der Waals surface area (Å²) in [7, 11) is 1.38. The number of amides is 2. The molecule has 7 nitrogen and oxygen atoms in total. The minimum atomic E-state index is -1.14. The molecule has 2 N–H and O–H groups in total. The summed E-state index contributed by atoms with van der Waals surface area (Å²) in [4.78, 5) is 37.0. The number of hydrogen-bond donors (Lipinski definition) is 2. The second-order valence-corrected chi connectivity index (χ2v) is 5.74. The van der Waals surface area contributed by atoms with Gasteiger partial charge in [0.1, 0.15) is 0 Å². The highest BCUT2D eigenvalue weighted by Crippen LogP contribution is 2.29. The van der Waals surface area contributed by atoms with E-state index in [0.29, 0.717) is 6.54 Å². The monoisotopic (exact) mass is 298 g/mol. The van der Waals surface area contributed by atoms with E-state index in [0.717, 1.165) is 25.7 Å². The Morgan fingerprint density at radius 2 is 2.10 bits per heavy atom. The van der Waals surface area contributed by atoms with E-state index in [2.05, 4.69) is 5.32 Å². The van der Waals surface area contributed by atoms with Gasteiger partial charge in [-0.15, -0.1) is 0 Å². The molecule has 0 spiro atoms. The zero-order valence-electron chi connectivity index (χ0n) is 12.2. The van der Waals surface area contributed by atoms with Crippen LogP contribution in [0.2, 0.25) is 0 Å². The fourth-order valence-electron chi connectivity index (χ4n) is 3.11. The molecule has 1 saturated heterocycles. The van der Waals surface area contributed by atoms with Crippen molar-refractivity contribution in [2.24, 2.45) is 5.92 Å². The third-order valence-corrected chi connectivity index (χ3v) is 4.24. The van der Waals surface area contributed by atoms with Crippen LogP contribution in [0.1, 0.15) is 32.1 Å². The first-order valence-corrected chi connectivity index (χ1v) is 7.34. The number of likely N-dealkylation sites (tertiary alicyclic amines) is 1. The molecule has 2 fully saturated rings. The largest absolute Gasteiger partial charge is 0.480 e. The standard InChI is InChI=1S/C14H22N2O5/c1-21-8-11(14(19)20)15-13(18)9-6-12(17)16(7-9)10-4-2-3-5-10/h9-11H,2-8H2,1H3,(H,15,18)(H,19,20). The molecule has 0 aromatic carbocycles. The minimum absolute atomic E-state index is 0.000617. The van der Waals surface area contributed by atoms with Gasteiger partial charge < -0.3 is 20.1 Å². The average Bonchev–Trinajstić information content (AvgIpc) is 3.06. The van der Waals surface area contributed by atoms with Crippen LogP contribution in [-0.4, -0.2) is 60.1 Å². The van der Waals surface area contributed by atoms with E-state index < -0.39 is 17.9 Å². The summed E-state index contributed by atoms with van der Waals surface area (Å²) >= 11 is 0. The maximum Gasteiger partial charge on any atom is 0.328 e. The first-order valence-electron chi connectivity index (χ1n) is 7.34. The van der Waals surface area contributed by atoms with Crippen molar-refractivity contribution in [2.75, 3.05) is 20.3 Å². The molecule has 2 rings (SSSR count). The van der Waals surface area contributed by atoms with Gasteiger partial charge in [0, 0.05) is 26.1 Å². The molecule has 0 aromatic rings. The normalized spacial score (nSPS) is 24.3. The number of hydrogen-bond acceptors (Lipinski definition) is 4. The smallest absolute Gasteiger partial charge is 0.328 e. The molecule has 2 atom stereocenters. The van der Waals surface area contributed by atoms with Crippen LogP contribution in [-0.2, 0) is 19.1 Å². The first-order chi connectivity index (χ1) is 10.0. The third kappa shape index (κ3) is 3.72. The lowest BCUT2D eigenvalue weighted by atomic mass is 10.1. The van der Waals surface area contributed by atoms with Crippen molar-refractivity contribution in [3.8, 4) is 0 Å². The molecule has 2 amide bonds. The fourth-order valence-corrected chi connectivity index (χ4v) is 3.11. The second kappa shape index (κ2) is 6.89. The Morgan fingerprint density at radius 3 is 2.67 bits per heavy atom. The number of carbonyl (C=O) groups is 3. The van der Waals surface area contributed by atoms with Gasteiger partial charge >= 0.3 is 5.97 Å². The Morgan fingerprint density at radius 1 is 1.43 bits per heavy atom. The topological polar surface area (TPSA) is 95.9 Å². The Labute approximate surface area is 123 Å². The Kier molecular flexibility index (Phi) is 5.17. The van der Waals surface area contributed by atoms with Gasteiger partial charge in [0.05, 0.1) is 12.5 Å². The molecule has 1 saturated carbocycles. The highest BCUT2D eigenvalue weighted by Gasteiger charge is 2.39. The number of ether oxygens (including phenoxy) is 1. The molecule has 1 aliphatic heterocycles. The first kappa shape index (κ1) is 15.8. The average molecular weight is 298 g/mol. The van der Waals surface area contributed by atoms with Crippen LogP contribution >= 0.6 is 0 Å². The van der Waals surface area contributed by atoms with Gasteiger partial charge in [0.25, 0.3) is 0 Å². The Hall–Kier alpha value is -1.63. The molecule has 0 aromatic heterocycles. The number of rotatable bonds is 6. The summed E-state index contributed by atoms with van der Waals surface area (Å²) in [5.74, 6) is -1.98. The molecule has 7 heteroatoms. The number of nitrogens with one attached hydrogen (secondary N) is 1. The van der Waals surface area contributed by atoms with Crippen molar-refractivity contribution in [1.29, 1.82) is 0 Å². The summed E-state index contributed by atoms with van der Waals surface area (Å²) in [6.45, 7) is 0.308. The lowest BCUT2D eigenvalue weighted by molar-refractivity contribution is -0.143. The van der Waals surface area contributed by atoms with Crippen molar-refractivity contribution in [2.45, 2.75) is 44.2 Å². The van der Waals surface area contributed by atoms with Gasteiger partial charge in [-0.1, -0.05) is 12.8 Å². The quantitative estimate of drug-likeness (QED) is 0.719. The molecule has 0 radical (unpaired) electrons. The molecule has 1 heterocycles. The van der Waals surface area contributed by atoms with Crippen molar-refractivity contribution < 1.29 is 24.2 Å². The number of nitrogens with zero attached hydrogens (tertiary/aromatic N) is 1. The predicted molar refractivity (Wildman–Crippen MR) is 73.5 cm³/mol. The van der Waals surface area contributed by atoms with Crippen LogP contribution in [0.4, 0.5) is 0 Å². The van der Waals surface area contributed by atoms with E-state index in [1.807, 2.05) is 0 Å². The molecular formula is C14H22N2O5. The van der Waals surface area contributed by atoms with E-state index in [1.165, 1.54) is 7.11 Å². The summed E-state index contributed by atoms with van der Waals surface area (Å²) in [6.07, 6.45) is 4.42. The van der Waals surface area contributed by atoms with E-state index in [9.17, 15) is 14.4 Å². The second-order valence-electron chi connectivity index (χ2n) is 5.74. The van der Waals surface area contributed by atoms with Crippen LogP contribution in [0.25, 0.3) is 0 Å². The molecule has 0 bridgehead atoms. The van der Waals surface area contributed by atoms with E-state index in [1.54, 1.807) is 4.90 Å². The molecule has 2 unspecified atom stereocenters. The van der Waals surface area contributed by atoms with E-state index >= 15 is 0 Å². The fraction of sp³-hybridized carbons (Fsp3) is 0.786. The molecule has 21 heavy (non-hydrogen) atoms. The van der Waals surface area contributed by atoms with Crippen molar-refractivity contribution in [1.82, 2.24) is 10.2 Å². The highest BCUT2D eigenvalue weighted by atomic mass is 16.5. The zero-order valence-corrected chi connectivity index (χ0v) is 12.2. The van der Waals surface area contributed by atoms with Gasteiger partial charge in [-0.3, -0.25) is 9.59 Å². The Bertz CT molecular complexity index is 420. The van der Waals surface area contributed by atoms with Crippen LogP contribution < -0.4 is 5.32 Å². The van der Waals surface area contributed by atoms with Crippen LogP contribution in [0.15, 0.2) is 0 Å². The summed E-state index contributed by atoms with van der Waals surface area (Å²) in [5.41, 5.74) is 0. The van der Waals surface area contributed by atoms with Gasteiger partial charge in [-0.25, -0.2) is 4.79 Å². The van der Waals surface area contributed by atoms with Gasteiger partial charge in [0.2, 0.25) is 11.8 Å². The lowest BCUT2D eigenvalue weighted by Crippen LogP contribution is -2.46. The van der Waals surface area contributed by atoms with E-state index in [4.69, 9.17) is 9.84 Å². The number of carboxylic acid groups (broad SMARTS) is 1. The van der Waals surface area contributed by atoms with E-state index in [-0.39, 0.29) is 30.9 Å². The number of carboxylic acids is 1. The maximum absolute atomic E-state index is 12.1. The van der Waals surface area contributed by atoms with Crippen LogP contribution in [0.3, 0.4) is 0 Å². The molecule has 2 aliphatic rings. The zero-order chi connectivity index (χ0) is 15.4.